The highest BCUT2D eigenvalue weighted by Crippen LogP contribution is 2.39. The van der Waals surface area contributed by atoms with Crippen LogP contribution in [0.4, 0.5) is 0 Å². The van der Waals surface area contributed by atoms with Crippen LogP contribution in [0.3, 0.4) is 0 Å². The van der Waals surface area contributed by atoms with E-state index in [-0.39, 0.29) is 11.3 Å². The zero-order valence-electron chi connectivity index (χ0n) is 13.2. The first-order valence-electron chi connectivity index (χ1n) is 8.04. The number of aryl methyl sites for hydroxylation is 1. The summed E-state index contributed by atoms with van der Waals surface area (Å²) in [5.74, 6) is 0.143. The first-order valence-corrected chi connectivity index (χ1v) is 9.80. The van der Waals surface area contributed by atoms with Crippen molar-refractivity contribution in [1.82, 2.24) is 9.88 Å². The molecule has 1 amide bonds. The van der Waals surface area contributed by atoms with Gasteiger partial charge in [0.05, 0.1) is 12.3 Å². The standard InChI is InChI=1S/C17H20N2O2S2/c1-12-14(23-15(18-12)13-3-8-22-9-13)16(20)19-6-5-17(10-19)4-2-7-21-11-17/h3,8-9H,2,4-7,10-11H2,1H3. The Morgan fingerprint density at radius 1 is 1.43 bits per heavy atom. The molecule has 2 aromatic rings. The highest BCUT2D eigenvalue weighted by Gasteiger charge is 2.42. The largest absolute Gasteiger partial charge is 0.381 e. The quantitative estimate of drug-likeness (QED) is 0.828. The summed E-state index contributed by atoms with van der Waals surface area (Å²) < 4.78 is 5.67. The summed E-state index contributed by atoms with van der Waals surface area (Å²) in [6.45, 7) is 5.28. The van der Waals surface area contributed by atoms with E-state index in [2.05, 4.69) is 16.4 Å². The summed E-state index contributed by atoms with van der Waals surface area (Å²) in [7, 11) is 0. The Hall–Kier alpha value is -1.24. The number of aromatic nitrogens is 1. The molecule has 0 N–H and O–H groups in total. The van der Waals surface area contributed by atoms with Gasteiger partial charge in [0.1, 0.15) is 9.88 Å². The van der Waals surface area contributed by atoms with E-state index < -0.39 is 0 Å². The van der Waals surface area contributed by atoms with E-state index in [1.165, 1.54) is 17.8 Å². The molecule has 0 aliphatic carbocycles. The second-order valence-corrected chi connectivity index (χ2v) is 8.36. The van der Waals surface area contributed by atoms with Crippen molar-refractivity contribution in [3.05, 3.63) is 27.4 Å². The van der Waals surface area contributed by atoms with Crippen molar-refractivity contribution in [1.29, 1.82) is 0 Å². The lowest BCUT2D eigenvalue weighted by molar-refractivity contribution is -0.00157. The first kappa shape index (κ1) is 15.3. The van der Waals surface area contributed by atoms with E-state index in [0.29, 0.717) is 0 Å². The Morgan fingerprint density at radius 2 is 2.35 bits per heavy atom. The van der Waals surface area contributed by atoms with Crippen LogP contribution in [0.2, 0.25) is 0 Å². The maximum absolute atomic E-state index is 12.9. The zero-order chi connectivity index (χ0) is 15.9. The van der Waals surface area contributed by atoms with Gasteiger partial charge in [-0.15, -0.1) is 11.3 Å². The maximum atomic E-state index is 12.9. The number of thiazole rings is 1. The Balaban J connectivity index is 1.53. The van der Waals surface area contributed by atoms with Crippen molar-refractivity contribution in [2.24, 2.45) is 5.41 Å². The molecule has 1 spiro atoms. The topological polar surface area (TPSA) is 42.4 Å². The van der Waals surface area contributed by atoms with Crippen molar-refractivity contribution in [2.45, 2.75) is 26.2 Å². The van der Waals surface area contributed by atoms with Crippen LogP contribution in [0.15, 0.2) is 16.8 Å². The molecule has 0 radical (unpaired) electrons. The lowest BCUT2D eigenvalue weighted by atomic mass is 9.82. The number of rotatable bonds is 2. The van der Waals surface area contributed by atoms with Crippen LogP contribution in [0.5, 0.6) is 0 Å². The van der Waals surface area contributed by atoms with Crippen LogP contribution >= 0.6 is 22.7 Å². The fraction of sp³-hybridized carbons (Fsp3) is 0.529. The van der Waals surface area contributed by atoms with E-state index in [1.54, 1.807) is 11.3 Å². The molecule has 6 heteroatoms. The predicted octanol–water partition coefficient (Wildman–Crippen LogP) is 3.82. The highest BCUT2D eigenvalue weighted by molar-refractivity contribution is 7.17. The van der Waals surface area contributed by atoms with Crippen molar-refractivity contribution in [3.8, 4) is 10.6 Å². The number of hydrogen-bond acceptors (Lipinski definition) is 5. The second-order valence-electron chi connectivity index (χ2n) is 6.58. The normalized spacial score (nSPS) is 24.5. The van der Waals surface area contributed by atoms with Gasteiger partial charge >= 0.3 is 0 Å². The molecule has 4 nitrogen and oxygen atoms in total. The highest BCUT2D eigenvalue weighted by atomic mass is 32.1. The number of hydrogen-bond donors (Lipinski definition) is 0. The SMILES string of the molecule is Cc1nc(-c2ccsc2)sc1C(=O)N1CCC2(CCCOC2)C1. The van der Waals surface area contributed by atoms with Crippen LogP contribution in [-0.4, -0.2) is 42.1 Å². The Labute approximate surface area is 144 Å². The van der Waals surface area contributed by atoms with Gasteiger partial charge in [-0.1, -0.05) is 0 Å². The van der Waals surface area contributed by atoms with Gasteiger partial charge in [0.15, 0.2) is 0 Å². The van der Waals surface area contributed by atoms with Crippen LogP contribution < -0.4 is 0 Å². The minimum atomic E-state index is 0.143. The molecular formula is C17H20N2O2S2. The lowest BCUT2D eigenvalue weighted by Gasteiger charge is -2.32. The van der Waals surface area contributed by atoms with E-state index in [1.807, 2.05) is 17.2 Å². The van der Waals surface area contributed by atoms with Gasteiger partial charge in [0.2, 0.25) is 0 Å². The molecule has 0 bridgehead atoms. The number of nitrogens with zero attached hydrogens (tertiary/aromatic N) is 2. The van der Waals surface area contributed by atoms with Crippen LogP contribution in [-0.2, 0) is 4.74 Å². The van der Waals surface area contributed by atoms with E-state index >= 15 is 0 Å². The first-order chi connectivity index (χ1) is 11.2. The molecule has 4 rings (SSSR count). The molecule has 2 aliphatic rings. The van der Waals surface area contributed by atoms with E-state index in [0.717, 1.165) is 60.3 Å². The predicted molar refractivity (Wildman–Crippen MR) is 93.2 cm³/mol. The molecule has 23 heavy (non-hydrogen) atoms. The summed E-state index contributed by atoms with van der Waals surface area (Å²) >= 11 is 3.18. The van der Waals surface area contributed by atoms with Gasteiger partial charge in [-0.25, -0.2) is 4.98 Å². The molecule has 2 fully saturated rings. The maximum Gasteiger partial charge on any atom is 0.265 e. The molecule has 2 aliphatic heterocycles. The zero-order valence-corrected chi connectivity index (χ0v) is 14.8. The number of carbonyl (C=O) groups excluding carboxylic acids is 1. The fourth-order valence-corrected chi connectivity index (χ4v) is 5.33. The van der Waals surface area contributed by atoms with Crippen molar-refractivity contribution >= 4 is 28.6 Å². The average molecular weight is 348 g/mol. The van der Waals surface area contributed by atoms with E-state index in [9.17, 15) is 4.79 Å². The Kier molecular flexibility index (Phi) is 3.99. The smallest absolute Gasteiger partial charge is 0.265 e. The summed E-state index contributed by atoms with van der Waals surface area (Å²) in [6, 6.07) is 2.06. The summed E-state index contributed by atoms with van der Waals surface area (Å²) in [6.07, 6.45) is 3.36. The average Bonchev–Trinajstić information content (AvgIpc) is 3.27. The molecule has 1 atom stereocenters. The molecular weight excluding hydrogens is 328 g/mol. The van der Waals surface area contributed by atoms with Crippen molar-refractivity contribution in [3.63, 3.8) is 0 Å². The minimum Gasteiger partial charge on any atom is -0.381 e. The third kappa shape index (κ3) is 2.84. The number of ether oxygens (including phenoxy) is 1. The summed E-state index contributed by atoms with van der Waals surface area (Å²) in [5, 5.41) is 5.07. The van der Waals surface area contributed by atoms with Gasteiger partial charge in [-0.2, -0.15) is 11.3 Å². The number of amides is 1. The third-order valence-corrected chi connectivity index (χ3v) is 6.77. The van der Waals surface area contributed by atoms with Gasteiger partial charge < -0.3 is 9.64 Å². The number of thiophene rings is 1. The molecule has 2 saturated heterocycles. The molecule has 2 aromatic heterocycles. The summed E-state index contributed by atoms with van der Waals surface area (Å²) in [5.41, 5.74) is 2.16. The van der Waals surface area contributed by atoms with Crippen molar-refractivity contribution < 1.29 is 9.53 Å². The van der Waals surface area contributed by atoms with Crippen LogP contribution in [0, 0.1) is 12.3 Å². The lowest BCUT2D eigenvalue weighted by Crippen LogP contribution is -2.37. The summed E-state index contributed by atoms with van der Waals surface area (Å²) in [4.78, 5) is 20.3. The molecule has 0 saturated carbocycles. The molecule has 1 unspecified atom stereocenters. The Morgan fingerprint density at radius 3 is 3.09 bits per heavy atom. The van der Waals surface area contributed by atoms with Crippen molar-refractivity contribution in [2.75, 3.05) is 26.3 Å². The monoisotopic (exact) mass is 348 g/mol. The molecule has 4 heterocycles. The number of carbonyl (C=O) groups is 1. The minimum absolute atomic E-state index is 0.143. The van der Waals surface area contributed by atoms with E-state index in [4.69, 9.17) is 4.74 Å². The Bertz CT molecular complexity index is 702. The molecule has 122 valence electrons. The molecule has 0 aromatic carbocycles. The van der Waals surface area contributed by atoms with Gasteiger partial charge in [-0.3, -0.25) is 4.79 Å². The number of likely N-dealkylation sites (tertiary alicyclic amines) is 1. The van der Waals surface area contributed by atoms with Gasteiger partial charge in [0.25, 0.3) is 5.91 Å². The van der Waals surface area contributed by atoms with Crippen LogP contribution in [0.25, 0.3) is 10.6 Å². The fourth-order valence-electron chi connectivity index (χ4n) is 3.59. The van der Waals surface area contributed by atoms with Gasteiger partial charge in [0, 0.05) is 36.1 Å². The third-order valence-electron chi connectivity index (χ3n) is 4.89. The second kappa shape index (κ2) is 6.00. The van der Waals surface area contributed by atoms with Gasteiger partial charge in [-0.05, 0) is 37.6 Å². The van der Waals surface area contributed by atoms with Crippen LogP contribution in [0.1, 0.15) is 34.6 Å².